The van der Waals surface area contributed by atoms with Gasteiger partial charge in [-0.1, -0.05) is 18.2 Å². The van der Waals surface area contributed by atoms with Gasteiger partial charge in [0.1, 0.15) is 11.4 Å². The summed E-state index contributed by atoms with van der Waals surface area (Å²) >= 11 is 0. The second-order valence-corrected chi connectivity index (χ2v) is 8.66. The Bertz CT molecular complexity index is 1070. The molecule has 0 saturated carbocycles. The number of aromatic nitrogens is 2. The van der Waals surface area contributed by atoms with Gasteiger partial charge in [0.2, 0.25) is 0 Å². The lowest BCUT2D eigenvalue weighted by Crippen LogP contribution is -2.52. The van der Waals surface area contributed by atoms with Crippen molar-refractivity contribution >= 4 is 16.8 Å². The highest BCUT2D eigenvalue weighted by Gasteiger charge is 2.44. The molecule has 2 aromatic carbocycles. The zero-order valence-electron chi connectivity index (χ0n) is 17.4. The molecule has 3 aromatic rings. The van der Waals surface area contributed by atoms with Crippen LogP contribution in [0.5, 0.6) is 5.75 Å². The summed E-state index contributed by atoms with van der Waals surface area (Å²) in [6, 6.07) is 13.9. The van der Waals surface area contributed by atoms with Crippen LogP contribution < -0.4 is 4.74 Å². The average Bonchev–Trinajstić information content (AvgIpc) is 3.21. The summed E-state index contributed by atoms with van der Waals surface area (Å²) in [5.41, 5.74) is 2.49. The van der Waals surface area contributed by atoms with Crippen LogP contribution in [0.15, 0.2) is 48.7 Å². The second-order valence-electron chi connectivity index (χ2n) is 8.66. The zero-order valence-corrected chi connectivity index (χ0v) is 17.4. The third-order valence-electron chi connectivity index (χ3n) is 6.24. The number of hydrogen-bond acceptors (Lipinski definition) is 4. The van der Waals surface area contributed by atoms with E-state index in [0.717, 1.165) is 41.5 Å². The number of carbonyl (C=O) groups excluding carboxylic acids is 1. The minimum absolute atomic E-state index is 0. The molecule has 1 amide bonds. The number of para-hydroxylation sites is 1. The number of fused-ring (bicyclic) bond motifs is 2. The first-order valence-electron chi connectivity index (χ1n) is 10.7. The Morgan fingerprint density at radius 3 is 2.87 bits per heavy atom. The van der Waals surface area contributed by atoms with E-state index >= 15 is 0 Å². The predicted molar refractivity (Wildman–Crippen MR) is 117 cm³/mol. The first-order chi connectivity index (χ1) is 14.5. The fraction of sp³-hybridized carbons (Fsp3) is 0.417. The zero-order chi connectivity index (χ0) is 20.7. The van der Waals surface area contributed by atoms with E-state index in [4.69, 9.17) is 9.47 Å². The maximum absolute atomic E-state index is 13.1. The van der Waals surface area contributed by atoms with Crippen molar-refractivity contribution in [1.29, 1.82) is 0 Å². The number of piperidine rings is 1. The SMILES string of the molecule is CC(C)O[C@@H]1CC2(CCN(C(=O)c3ccc4[nH]ncc4c3)CC2)Oc2ccccc21.[HH]. The predicted octanol–water partition coefficient (Wildman–Crippen LogP) is 4.73. The van der Waals surface area contributed by atoms with Gasteiger partial charge in [0.15, 0.2) is 0 Å². The van der Waals surface area contributed by atoms with Gasteiger partial charge in [-0.3, -0.25) is 9.89 Å². The van der Waals surface area contributed by atoms with E-state index < -0.39 is 0 Å². The van der Waals surface area contributed by atoms with Crippen LogP contribution in [-0.4, -0.2) is 45.8 Å². The molecule has 0 aliphatic carbocycles. The number of hydrogen-bond donors (Lipinski definition) is 1. The average molecular weight is 408 g/mol. The summed E-state index contributed by atoms with van der Waals surface area (Å²) < 4.78 is 12.8. The van der Waals surface area contributed by atoms with Crippen molar-refractivity contribution in [3.05, 3.63) is 59.8 Å². The van der Waals surface area contributed by atoms with Crippen LogP contribution in [0.4, 0.5) is 0 Å². The van der Waals surface area contributed by atoms with Crippen molar-refractivity contribution in [1.82, 2.24) is 15.1 Å². The molecular formula is C24H29N3O3. The molecule has 1 atom stereocenters. The molecular weight excluding hydrogens is 378 g/mol. The highest BCUT2D eigenvalue weighted by Crippen LogP contribution is 2.46. The van der Waals surface area contributed by atoms with Crippen LogP contribution in [0.25, 0.3) is 10.9 Å². The van der Waals surface area contributed by atoms with Gasteiger partial charge in [-0.2, -0.15) is 5.10 Å². The van der Waals surface area contributed by atoms with Gasteiger partial charge in [0, 0.05) is 50.3 Å². The Labute approximate surface area is 177 Å². The van der Waals surface area contributed by atoms with Crippen molar-refractivity contribution < 1.29 is 15.7 Å². The molecule has 0 unspecified atom stereocenters. The number of H-pyrrole nitrogens is 1. The number of ether oxygens (including phenoxy) is 2. The first-order valence-corrected chi connectivity index (χ1v) is 10.7. The Morgan fingerprint density at radius 1 is 1.27 bits per heavy atom. The van der Waals surface area contributed by atoms with Gasteiger partial charge in [-0.25, -0.2) is 0 Å². The van der Waals surface area contributed by atoms with Gasteiger partial charge in [-0.05, 0) is 38.1 Å². The number of nitrogens with one attached hydrogen (secondary N) is 1. The highest BCUT2D eigenvalue weighted by molar-refractivity contribution is 5.97. The van der Waals surface area contributed by atoms with E-state index in [-0.39, 0.29) is 25.1 Å². The third kappa shape index (κ3) is 3.45. The molecule has 1 spiro atoms. The van der Waals surface area contributed by atoms with Crippen LogP contribution in [0.1, 0.15) is 56.6 Å². The van der Waals surface area contributed by atoms with Crippen LogP contribution in [0.2, 0.25) is 0 Å². The monoisotopic (exact) mass is 407 g/mol. The van der Waals surface area contributed by atoms with Crippen molar-refractivity contribution in [2.75, 3.05) is 13.1 Å². The van der Waals surface area contributed by atoms with E-state index in [1.165, 1.54) is 0 Å². The molecule has 2 aliphatic rings. The third-order valence-corrected chi connectivity index (χ3v) is 6.24. The van der Waals surface area contributed by atoms with E-state index in [0.29, 0.717) is 18.7 Å². The minimum atomic E-state index is -0.279. The molecule has 6 nitrogen and oxygen atoms in total. The van der Waals surface area contributed by atoms with Crippen LogP contribution >= 0.6 is 0 Å². The van der Waals surface area contributed by atoms with Crippen molar-refractivity contribution in [3.63, 3.8) is 0 Å². The van der Waals surface area contributed by atoms with Gasteiger partial charge < -0.3 is 14.4 Å². The van der Waals surface area contributed by atoms with E-state index in [9.17, 15) is 4.79 Å². The van der Waals surface area contributed by atoms with Gasteiger partial charge in [0.25, 0.3) is 5.91 Å². The van der Waals surface area contributed by atoms with Crippen molar-refractivity contribution in [2.24, 2.45) is 0 Å². The maximum Gasteiger partial charge on any atom is 0.253 e. The molecule has 3 heterocycles. The summed E-state index contributed by atoms with van der Waals surface area (Å²) in [5.74, 6) is 0.985. The number of likely N-dealkylation sites (tertiary alicyclic amines) is 1. The lowest BCUT2D eigenvalue weighted by Gasteiger charge is -2.47. The van der Waals surface area contributed by atoms with Gasteiger partial charge in [-0.15, -0.1) is 0 Å². The standard InChI is InChI=1S/C24H27N3O3.H2/c1-16(2)29-22-14-24(30-21-6-4-3-5-19(21)22)9-11-27(12-10-24)23(28)17-7-8-20-18(13-17)15-25-26-20;/h3-8,13,15-16,22H,9-12,14H2,1-2H3,(H,25,26);1H/t22-;/m1./s1. The Morgan fingerprint density at radius 2 is 2.07 bits per heavy atom. The Hall–Kier alpha value is -2.86. The number of aromatic amines is 1. The molecule has 30 heavy (non-hydrogen) atoms. The lowest BCUT2D eigenvalue weighted by atomic mass is 9.81. The molecule has 1 fully saturated rings. The van der Waals surface area contributed by atoms with E-state index in [2.05, 4.69) is 30.1 Å². The van der Waals surface area contributed by atoms with Crippen LogP contribution in [0.3, 0.4) is 0 Å². The smallest absolute Gasteiger partial charge is 0.253 e. The van der Waals surface area contributed by atoms with Gasteiger partial charge in [0.05, 0.1) is 23.9 Å². The molecule has 2 aliphatic heterocycles. The minimum Gasteiger partial charge on any atom is -0.487 e. The largest absolute Gasteiger partial charge is 0.487 e. The van der Waals surface area contributed by atoms with Crippen LogP contribution in [-0.2, 0) is 4.74 Å². The number of nitrogens with zero attached hydrogens (tertiary/aromatic N) is 2. The van der Waals surface area contributed by atoms with Crippen molar-refractivity contribution in [2.45, 2.75) is 50.9 Å². The van der Waals surface area contributed by atoms with E-state index in [1.54, 1.807) is 6.20 Å². The lowest BCUT2D eigenvalue weighted by molar-refractivity contribution is -0.0872. The summed E-state index contributed by atoms with van der Waals surface area (Å²) in [5, 5.41) is 7.92. The van der Waals surface area contributed by atoms with Gasteiger partial charge >= 0.3 is 0 Å². The topological polar surface area (TPSA) is 67.5 Å². The summed E-state index contributed by atoms with van der Waals surface area (Å²) in [7, 11) is 0. The molecule has 1 N–H and O–H groups in total. The molecule has 0 bridgehead atoms. The van der Waals surface area contributed by atoms with Crippen molar-refractivity contribution in [3.8, 4) is 5.75 Å². The summed E-state index contributed by atoms with van der Waals surface area (Å²) in [6.07, 6.45) is 4.36. The molecule has 158 valence electrons. The number of amides is 1. The van der Waals surface area contributed by atoms with E-state index in [1.807, 2.05) is 41.3 Å². The summed E-state index contributed by atoms with van der Waals surface area (Å²) in [4.78, 5) is 15.0. The van der Waals surface area contributed by atoms with Crippen LogP contribution in [0, 0.1) is 0 Å². The number of rotatable bonds is 3. The Kier molecular flexibility index (Phi) is 4.74. The Balaban J connectivity index is 0.00000231. The quantitative estimate of drug-likeness (QED) is 0.681. The summed E-state index contributed by atoms with van der Waals surface area (Å²) in [6.45, 7) is 5.50. The number of carbonyl (C=O) groups is 1. The second kappa shape index (κ2) is 7.43. The first kappa shape index (κ1) is 19.1. The highest BCUT2D eigenvalue weighted by atomic mass is 16.5. The molecule has 1 aromatic heterocycles. The fourth-order valence-corrected chi connectivity index (χ4v) is 4.69. The normalized spacial score (nSPS) is 20.4. The molecule has 5 rings (SSSR count). The molecule has 6 heteroatoms. The molecule has 1 saturated heterocycles. The maximum atomic E-state index is 13.1. The molecule has 0 radical (unpaired) electrons. The fourth-order valence-electron chi connectivity index (χ4n) is 4.69. The number of benzene rings is 2.